The fraction of sp³-hybridized carbons (Fsp3) is 0.273. The molecular formula is C22H21N3. The van der Waals surface area contributed by atoms with Gasteiger partial charge in [0.1, 0.15) is 6.07 Å². The fourth-order valence-electron chi connectivity index (χ4n) is 3.86. The average Bonchev–Trinajstić information content (AvgIpc) is 2.68. The Bertz CT molecular complexity index is 903. The first-order valence-corrected chi connectivity index (χ1v) is 8.92. The summed E-state index contributed by atoms with van der Waals surface area (Å²) in [6, 6.07) is 21.2. The summed E-state index contributed by atoms with van der Waals surface area (Å²) in [7, 11) is 0. The molecule has 0 spiro atoms. The Kier molecular flexibility index (Phi) is 4.35. The molecule has 3 heteroatoms. The number of pyridine rings is 1. The summed E-state index contributed by atoms with van der Waals surface area (Å²) in [6.45, 7) is 2.00. The van der Waals surface area contributed by atoms with Gasteiger partial charge in [-0.25, -0.2) is 0 Å². The maximum Gasteiger partial charge on any atom is 0.103 e. The van der Waals surface area contributed by atoms with Gasteiger partial charge >= 0.3 is 0 Å². The first-order valence-electron chi connectivity index (χ1n) is 8.92. The Labute approximate surface area is 148 Å². The number of hydrogen-bond acceptors (Lipinski definition) is 3. The minimum Gasteiger partial charge on any atom is -0.370 e. The third-order valence-corrected chi connectivity index (χ3v) is 5.17. The van der Waals surface area contributed by atoms with Crippen LogP contribution in [0.4, 0.5) is 5.69 Å². The smallest absolute Gasteiger partial charge is 0.103 e. The van der Waals surface area contributed by atoms with Gasteiger partial charge in [0.2, 0.25) is 0 Å². The SMILES string of the molecule is N#Cc1cnc2ccccc2c1N1CCC(Cc2ccccc2)CC1. The molecule has 4 rings (SSSR count). The van der Waals surface area contributed by atoms with Crippen LogP contribution >= 0.6 is 0 Å². The lowest BCUT2D eigenvalue weighted by molar-refractivity contribution is 0.404. The molecule has 0 bridgehead atoms. The highest BCUT2D eigenvalue weighted by Gasteiger charge is 2.23. The summed E-state index contributed by atoms with van der Waals surface area (Å²) in [5.74, 6) is 0.720. The number of nitrogens with zero attached hydrogens (tertiary/aromatic N) is 3. The summed E-state index contributed by atoms with van der Waals surface area (Å²) in [5.41, 5.74) is 4.13. The van der Waals surface area contributed by atoms with Crippen molar-refractivity contribution in [3.05, 3.63) is 71.9 Å². The molecule has 124 valence electrons. The highest BCUT2D eigenvalue weighted by atomic mass is 15.1. The molecule has 1 fully saturated rings. The molecule has 3 aromatic rings. The van der Waals surface area contributed by atoms with Crippen molar-refractivity contribution in [1.82, 2.24) is 4.98 Å². The number of fused-ring (bicyclic) bond motifs is 1. The molecule has 0 aliphatic carbocycles. The molecule has 2 heterocycles. The van der Waals surface area contributed by atoms with Gasteiger partial charge in [-0.15, -0.1) is 0 Å². The van der Waals surface area contributed by atoms with Crippen LogP contribution in [-0.4, -0.2) is 18.1 Å². The maximum absolute atomic E-state index is 9.54. The normalized spacial score (nSPS) is 15.2. The summed E-state index contributed by atoms with van der Waals surface area (Å²) in [6.07, 6.45) is 5.19. The number of aromatic nitrogens is 1. The van der Waals surface area contributed by atoms with Crippen molar-refractivity contribution in [2.75, 3.05) is 18.0 Å². The molecule has 0 saturated carbocycles. The number of piperidine rings is 1. The van der Waals surface area contributed by atoms with Gasteiger partial charge in [-0.2, -0.15) is 5.26 Å². The molecular weight excluding hydrogens is 306 g/mol. The molecule has 0 unspecified atom stereocenters. The molecule has 0 radical (unpaired) electrons. The molecule has 25 heavy (non-hydrogen) atoms. The van der Waals surface area contributed by atoms with Crippen LogP contribution in [0.5, 0.6) is 0 Å². The minimum atomic E-state index is 0.681. The largest absolute Gasteiger partial charge is 0.370 e. The number of rotatable bonds is 3. The molecule has 0 N–H and O–H groups in total. The predicted octanol–water partition coefficient (Wildman–Crippen LogP) is 4.57. The second-order valence-electron chi connectivity index (χ2n) is 6.77. The van der Waals surface area contributed by atoms with E-state index in [1.54, 1.807) is 6.20 Å². The summed E-state index contributed by atoms with van der Waals surface area (Å²) in [5, 5.41) is 10.6. The quantitative estimate of drug-likeness (QED) is 0.707. The predicted molar refractivity (Wildman–Crippen MR) is 102 cm³/mol. The van der Waals surface area contributed by atoms with Crippen molar-refractivity contribution < 1.29 is 0 Å². The van der Waals surface area contributed by atoms with Gasteiger partial charge in [0.05, 0.1) is 16.8 Å². The van der Waals surface area contributed by atoms with Gasteiger partial charge in [-0.1, -0.05) is 48.5 Å². The standard InChI is InChI=1S/C22H21N3/c23-15-19-16-24-21-9-5-4-8-20(21)22(19)25-12-10-18(11-13-25)14-17-6-2-1-3-7-17/h1-9,16,18H,10-14H2. The molecule has 0 atom stereocenters. The van der Waals surface area contributed by atoms with Crippen LogP contribution in [-0.2, 0) is 6.42 Å². The summed E-state index contributed by atoms with van der Waals surface area (Å²) in [4.78, 5) is 6.81. The monoisotopic (exact) mass is 327 g/mol. The van der Waals surface area contributed by atoms with Gasteiger partial charge in [-0.05, 0) is 36.8 Å². The Morgan fingerprint density at radius 3 is 2.48 bits per heavy atom. The third-order valence-electron chi connectivity index (χ3n) is 5.17. The molecule has 2 aromatic carbocycles. The second kappa shape index (κ2) is 6.94. The number of benzene rings is 2. The summed E-state index contributed by atoms with van der Waals surface area (Å²) >= 11 is 0. The molecule has 1 saturated heterocycles. The Morgan fingerprint density at radius 2 is 1.72 bits per heavy atom. The van der Waals surface area contributed by atoms with Crippen LogP contribution in [0.15, 0.2) is 60.8 Å². The van der Waals surface area contributed by atoms with E-state index in [-0.39, 0.29) is 0 Å². The van der Waals surface area contributed by atoms with E-state index < -0.39 is 0 Å². The van der Waals surface area contributed by atoms with Crippen molar-refractivity contribution in [3.63, 3.8) is 0 Å². The van der Waals surface area contributed by atoms with Gasteiger partial charge in [0.15, 0.2) is 0 Å². The Balaban J connectivity index is 1.55. The van der Waals surface area contributed by atoms with Crippen molar-refractivity contribution in [2.45, 2.75) is 19.3 Å². The van der Waals surface area contributed by atoms with Gasteiger partial charge < -0.3 is 4.90 Å². The Morgan fingerprint density at radius 1 is 1.00 bits per heavy atom. The zero-order valence-electron chi connectivity index (χ0n) is 14.2. The zero-order valence-corrected chi connectivity index (χ0v) is 14.2. The second-order valence-corrected chi connectivity index (χ2v) is 6.77. The fourth-order valence-corrected chi connectivity index (χ4v) is 3.86. The van der Waals surface area contributed by atoms with Crippen molar-refractivity contribution in [1.29, 1.82) is 5.26 Å². The Hall–Kier alpha value is -2.86. The van der Waals surface area contributed by atoms with E-state index in [1.165, 1.54) is 5.56 Å². The molecule has 0 amide bonds. The molecule has 3 nitrogen and oxygen atoms in total. The lowest BCUT2D eigenvalue weighted by Gasteiger charge is -2.34. The zero-order chi connectivity index (χ0) is 17.1. The van der Waals surface area contributed by atoms with E-state index in [4.69, 9.17) is 0 Å². The van der Waals surface area contributed by atoms with Crippen LogP contribution in [0, 0.1) is 17.2 Å². The summed E-state index contributed by atoms with van der Waals surface area (Å²) < 4.78 is 0. The van der Waals surface area contributed by atoms with Crippen LogP contribution in [0.2, 0.25) is 0 Å². The van der Waals surface area contributed by atoms with Crippen LogP contribution in [0.3, 0.4) is 0 Å². The van der Waals surface area contributed by atoms with E-state index in [2.05, 4.69) is 52.4 Å². The number of hydrogen-bond donors (Lipinski definition) is 0. The topological polar surface area (TPSA) is 39.9 Å². The maximum atomic E-state index is 9.54. The highest BCUT2D eigenvalue weighted by Crippen LogP contribution is 2.33. The van der Waals surface area contributed by atoms with Gasteiger partial charge in [0, 0.05) is 24.7 Å². The van der Waals surface area contributed by atoms with Crippen molar-refractivity contribution in [2.24, 2.45) is 5.92 Å². The van der Waals surface area contributed by atoms with Gasteiger partial charge in [-0.3, -0.25) is 4.98 Å². The van der Waals surface area contributed by atoms with E-state index >= 15 is 0 Å². The lowest BCUT2D eigenvalue weighted by atomic mass is 9.89. The lowest BCUT2D eigenvalue weighted by Crippen LogP contribution is -2.35. The van der Waals surface area contributed by atoms with E-state index in [9.17, 15) is 5.26 Å². The van der Waals surface area contributed by atoms with E-state index in [0.29, 0.717) is 5.56 Å². The molecule has 1 aromatic heterocycles. The number of anilines is 1. The first-order chi connectivity index (χ1) is 12.3. The van der Waals surface area contributed by atoms with Gasteiger partial charge in [0.25, 0.3) is 0 Å². The molecule has 1 aliphatic heterocycles. The average molecular weight is 327 g/mol. The van der Waals surface area contributed by atoms with E-state index in [1.807, 2.05) is 18.2 Å². The number of nitriles is 1. The minimum absolute atomic E-state index is 0.681. The van der Waals surface area contributed by atoms with Crippen LogP contribution in [0.25, 0.3) is 10.9 Å². The van der Waals surface area contributed by atoms with E-state index in [0.717, 1.165) is 54.9 Å². The third kappa shape index (κ3) is 3.21. The van der Waals surface area contributed by atoms with Crippen LogP contribution < -0.4 is 4.90 Å². The van der Waals surface area contributed by atoms with Crippen molar-refractivity contribution >= 4 is 16.6 Å². The van der Waals surface area contributed by atoms with Crippen LogP contribution in [0.1, 0.15) is 24.0 Å². The number of para-hydroxylation sites is 1. The molecule has 1 aliphatic rings. The van der Waals surface area contributed by atoms with Crippen molar-refractivity contribution in [3.8, 4) is 6.07 Å². The highest BCUT2D eigenvalue weighted by molar-refractivity contribution is 5.94. The first kappa shape index (κ1) is 15.7.